The summed E-state index contributed by atoms with van der Waals surface area (Å²) in [6, 6.07) is 3.75. The molecule has 3 heteroatoms. The van der Waals surface area contributed by atoms with Crippen molar-refractivity contribution in [2.45, 2.75) is 90.6 Å². The minimum absolute atomic E-state index is 0.123. The van der Waals surface area contributed by atoms with Crippen LogP contribution in [-0.2, 0) is 16.1 Å². The van der Waals surface area contributed by atoms with E-state index in [1.54, 1.807) is 12.4 Å². The lowest BCUT2D eigenvalue weighted by atomic mass is 10.1. The van der Waals surface area contributed by atoms with Crippen molar-refractivity contribution in [3.8, 4) is 23.7 Å². The van der Waals surface area contributed by atoms with E-state index in [2.05, 4.69) is 35.6 Å². The predicted octanol–water partition coefficient (Wildman–Crippen LogP) is 5.83. The first kappa shape index (κ1) is 22.8. The fraction of sp³-hybridized carbons (Fsp3) is 0.583. The van der Waals surface area contributed by atoms with E-state index in [1.165, 1.54) is 19.3 Å². The van der Waals surface area contributed by atoms with Gasteiger partial charge in [-0.25, -0.2) is 0 Å². The molecule has 0 atom stereocenters. The summed E-state index contributed by atoms with van der Waals surface area (Å²) in [5.74, 6) is 12.7. The first-order valence-corrected chi connectivity index (χ1v) is 10.3. The molecule has 1 aromatic heterocycles. The van der Waals surface area contributed by atoms with Crippen molar-refractivity contribution in [2.24, 2.45) is 0 Å². The minimum Gasteiger partial charge on any atom is -0.461 e. The maximum atomic E-state index is 11.7. The second kappa shape index (κ2) is 17.2. The lowest BCUT2D eigenvalue weighted by molar-refractivity contribution is -0.145. The van der Waals surface area contributed by atoms with E-state index < -0.39 is 0 Å². The Kier molecular flexibility index (Phi) is 14.5. The van der Waals surface area contributed by atoms with Gasteiger partial charge in [0.05, 0.1) is 0 Å². The number of hydrogen-bond acceptors (Lipinski definition) is 3. The van der Waals surface area contributed by atoms with Gasteiger partial charge in [0.15, 0.2) is 0 Å². The van der Waals surface area contributed by atoms with Crippen LogP contribution in [0.1, 0.15) is 89.5 Å². The average Bonchev–Trinajstić information content (AvgIpc) is 2.70. The molecule has 0 radical (unpaired) electrons. The molecule has 0 fully saturated rings. The molecule has 0 spiro atoms. The van der Waals surface area contributed by atoms with Crippen LogP contribution in [0.15, 0.2) is 24.5 Å². The van der Waals surface area contributed by atoms with E-state index >= 15 is 0 Å². The molecule has 146 valence electrons. The largest absolute Gasteiger partial charge is 0.461 e. The standard InChI is InChI=1S/C24H33NO2/c1-2-3-4-5-6-7-8-9-10-11-12-13-14-15-16-19-24(26)27-22-23-18-17-20-25-21-23/h17-18,20-21H,2-4,7-8,11-16,19,22H2,1H3. The summed E-state index contributed by atoms with van der Waals surface area (Å²) in [6.07, 6.45) is 15.6. The third kappa shape index (κ3) is 14.6. The minimum atomic E-state index is -0.123. The molecule has 1 heterocycles. The normalized spacial score (nSPS) is 9.67. The molecule has 0 saturated carbocycles. The molecule has 0 bridgehead atoms. The van der Waals surface area contributed by atoms with Gasteiger partial charge in [-0.2, -0.15) is 0 Å². The number of unbranched alkanes of at least 4 members (excludes halogenated alkanes) is 8. The Morgan fingerprint density at radius 2 is 1.59 bits per heavy atom. The molecule has 3 nitrogen and oxygen atoms in total. The maximum Gasteiger partial charge on any atom is 0.306 e. The maximum absolute atomic E-state index is 11.7. The Morgan fingerprint density at radius 3 is 2.30 bits per heavy atom. The van der Waals surface area contributed by atoms with Gasteiger partial charge in [-0.05, 0) is 25.3 Å². The first-order valence-electron chi connectivity index (χ1n) is 10.3. The number of rotatable bonds is 12. The molecule has 1 aromatic rings. The van der Waals surface area contributed by atoms with Crippen molar-refractivity contribution in [1.82, 2.24) is 4.98 Å². The molecule has 0 N–H and O–H groups in total. The smallest absolute Gasteiger partial charge is 0.306 e. The third-order valence-electron chi connectivity index (χ3n) is 4.09. The van der Waals surface area contributed by atoms with Crippen LogP contribution in [-0.4, -0.2) is 11.0 Å². The summed E-state index contributed by atoms with van der Waals surface area (Å²) < 4.78 is 5.24. The number of pyridine rings is 1. The number of nitrogens with zero attached hydrogens (tertiary/aromatic N) is 1. The predicted molar refractivity (Wildman–Crippen MR) is 111 cm³/mol. The topological polar surface area (TPSA) is 39.2 Å². The summed E-state index contributed by atoms with van der Waals surface area (Å²) in [5, 5.41) is 0. The lowest BCUT2D eigenvalue weighted by Crippen LogP contribution is -2.04. The van der Waals surface area contributed by atoms with Crippen molar-refractivity contribution < 1.29 is 9.53 Å². The second-order valence-electron chi connectivity index (χ2n) is 6.60. The highest BCUT2D eigenvalue weighted by Gasteiger charge is 2.03. The molecular formula is C24H33NO2. The Labute approximate surface area is 165 Å². The summed E-state index contributed by atoms with van der Waals surface area (Å²) in [6.45, 7) is 2.50. The van der Waals surface area contributed by atoms with Crippen LogP contribution in [0.25, 0.3) is 0 Å². The van der Waals surface area contributed by atoms with Crippen LogP contribution in [0.5, 0.6) is 0 Å². The summed E-state index contributed by atoms with van der Waals surface area (Å²) in [4.78, 5) is 15.7. The number of aromatic nitrogens is 1. The molecule has 27 heavy (non-hydrogen) atoms. The van der Waals surface area contributed by atoms with Crippen molar-refractivity contribution in [1.29, 1.82) is 0 Å². The van der Waals surface area contributed by atoms with Gasteiger partial charge in [-0.3, -0.25) is 9.78 Å². The fourth-order valence-corrected chi connectivity index (χ4v) is 2.48. The van der Waals surface area contributed by atoms with Crippen LogP contribution in [0.3, 0.4) is 0 Å². The SMILES string of the molecule is CCCCC#CCCC#CCCCCCCCC(=O)OCc1cccnc1. The zero-order valence-electron chi connectivity index (χ0n) is 16.8. The number of hydrogen-bond donors (Lipinski definition) is 0. The molecule has 0 aliphatic carbocycles. The monoisotopic (exact) mass is 367 g/mol. The summed E-state index contributed by atoms with van der Waals surface area (Å²) in [5.41, 5.74) is 0.926. The van der Waals surface area contributed by atoms with E-state index in [0.29, 0.717) is 13.0 Å². The summed E-state index contributed by atoms with van der Waals surface area (Å²) >= 11 is 0. The van der Waals surface area contributed by atoms with Crippen molar-refractivity contribution >= 4 is 5.97 Å². The van der Waals surface area contributed by atoms with Crippen LogP contribution in [0.2, 0.25) is 0 Å². The van der Waals surface area contributed by atoms with Gasteiger partial charge >= 0.3 is 5.97 Å². The number of esters is 1. The molecule has 0 saturated heterocycles. The Balaban J connectivity index is 1.88. The van der Waals surface area contributed by atoms with Gasteiger partial charge in [0.2, 0.25) is 0 Å². The van der Waals surface area contributed by atoms with Crippen molar-refractivity contribution in [2.75, 3.05) is 0 Å². The number of carbonyl (C=O) groups excluding carboxylic acids is 1. The fourth-order valence-electron chi connectivity index (χ4n) is 2.48. The quantitative estimate of drug-likeness (QED) is 0.265. The van der Waals surface area contributed by atoms with E-state index in [9.17, 15) is 4.79 Å². The number of ether oxygens (including phenoxy) is 1. The Hall–Kier alpha value is -2.26. The zero-order chi connectivity index (χ0) is 19.4. The molecule has 0 aliphatic heterocycles. The lowest BCUT2D eigenvalue weighted by Gasteiger charge is -2.04. The molecule has 0 amide bonds. The molecular weight excluding hydrogens is 334 g/mol. The summed E-state index contributed by atoms with van der Waals surface area (Å²) in [7, 11) is 0. The van der Waals surface area contributed by atoms with Gasteiger partial charge in [-0.15, -0.1) is 23.7 Å². The van der Waals surface area contributed by atoms with Gasteiger partial charge in [0, 0.05) is 50.1 Å². The van der Waals surface area contributed by atoms with Crippen molar-refractivity contribution in [3.05, 3.63) is 30.1 Å². The van der Waals surface area contributed by atoms with E-state index in [1.807, 2.05) is 12.1 Å². The third-order valence-corrected chi connectivity index (χ3v) is 4.09. The van der Waals surface area contributed by atoms with E-state index in [-0.39, 0.29) is 5.97 Å². The highest BCUT2D eigenvalue weighted by atomic mass is 16.5. The average molecular weight is 368 g/mol. The van der Waals surface area contributed by atoms with Gasteiger partial charge in [-0.1, -0.05) is 38.7 Å². The zero-order valence-corrected chi connectivity index (χ0v) is 16.8. The Morgan fingerprint density at radius 1 is 0.926 bits per heavy atom. The van der Waals surface area contributed by atoms with E-state index in [0.717, 1.165) is 56.9 Å². The van der Waals surface area contributed by atoms with Gasteiger partial charge < -0.3 is 4.74 Å². The highest BCUT2D eigenvalue weighted by molar-refractivity contribution is 5.69. The highest BCUT2D eigenvalue weighted by Crippen LogP contribution is 2.08. The van der Waals surface area contributed by atoms with E-state index in [4.69, 9.17) is 4.74 Å². The molecule has 0 aliphatic rings. The van der Waals surface area contributed by atoms with Crippen LogP contribution < -0.4 is 0 Å². The van der Waals surface area contributed by atoms with Crippen LogP contribution >= 0.6 is 0 Å². The van der Waals surface area contributed by atoms with Crippen molar-refractivity contribution in [3.63, 3.8) is 0 Å². The van der Waals surface area contributed by atoms with Gasteiger partial charge in [0.25, 0.3) is 0 Å². The molecule has 0 aromatic carbocycles. The second-order valence-corrected chi connectivity index (χ2v) is 6.60. The molecule has 0 unspecified atom stereocenters. The van der Waals surface area contributed by atoms with Crippen LogP contribution in [0, 0.1) is 23.7 Å². The Bertz CT molecular complexity index is 617. The number of carbonyl (C=O) groups is 1. The van der Waals surface area contributed by atoms with Crippen LogP contribution in [0.4, 0.5) is 0 Å². The first-order chi connectivity index (χ1) is 13.3. The van der Waals surface area contributed by atoms with Gasteiger partial charge in [0.1, 0.15) is 6.61 Å². The molecule has 1 rings (SSSR count).